The lowest BCUT2D eigenvalue weighted by Gasteiger charge is -2.30. The molecule has 0 spiro atoms. The van der Waals surface area contributed by atoms with E-state index in [1.54, 1.807) is 19.2 Å². The van der Waals surface area contributed by atoms with Gasteiger partial charge in [-0.3, -0.25) is 14.4 Å². The predicted octanol–water partition coefficient (Wildman–Crippen LogP) is 3.16. The number of hydrogen-bond donors (Lipinski definition) is 3. The van der Waals surface area contributed by atoms with Crippen molar-refractivity contribution in [3.05, 3.63) is 65.0 Å². The normalized spacial score (nSPS) is 16.4. The molecule has 9 heteroatoms. The van der Waals surface area contributed by atoms with Crippen LogP contribution in [0.1, 0.15) is 49.3 Å². The van der Waals surface area contributed by atoms with E-state index in [9.17, 15) is 18.8 Å². The van der Waals surface area contributed by atoms with E-state index < -0.39 is 0 Å². The van der Waals surface area contributed by atoms with Crippen LogP contribution in [0.5, 0.6) is 5.75 Å². The van der Waals surface area contributed by atoms with Gasteiger partial charge in [-0.25, -0.2) is 4.39 Å². The number of amides is 3. The Balaban J connectivity index is 0.000000472. The number of hydrogen-bond acceptors (Lipinski definition) is 5. The summed E-state index contributed by atoms with van der Waals surface area (Å²) in [7, 11) is 1.69. The summed E-state index contributed by atoms with van der Waals surface area (Å²) >= 11 is 0. The van der Waals surface area contributed by atoms with Gasteiger partial charge in [0, 0.05) is 26.7 Å². The maximum absolute atomic E-state index is 13.0. The molecule has 40 heavy (non-hydrogen) atoms. The Morgan fingerprint density at radius 2 is 1.90 bits per heavy atom. The van der Waals surface area contributed by atoms with Crippen molar-refractivity contribution in [3.8, 4) is 5.75 Å². The van der Waals surface area contributed by atoms with Crippen molar-refractivity contribution in [2.24, 2.45) is 5.92 Å². The van der Waals surface area contributed by atoms with Crippen LogP contribution in [0.25, 0.3) is 0 Å². The number of carbonyl (C=O) groups is 3. The van der Waals surface area contributed by atoms with E-state index in [2.05, 4.69) is 34.1 Å². The van der Waals surface area contributed by atoms with Crippen LogP contribution >= 0.6 is 0 Å². The molecule has 0 aromatic heterocycles. The molecule has 1 saturated carbocycles. The summed E-state index contributed by atoms with van der Waals surface area (Å²) in [5, 5.41) is 8.89. The molecule has 218 valence electrons. The lowest BCUT2D eigenvalue weighted by molar-refractivity contribution is -0.136. The molecule has 8 nitrogen and oxygen atoms in total. The Hall–Kier alpha value is -3.46. The third-order valence-electron chi connectivity index (χ3n) is 7.12. The van der Waals surface area contributed by atoms with E-state index in [-0.39, 0.29) is 36.3 Å². The minimum atomic E-state index is -0.274. The number of nitrogens with zero attached hydrogens (tertiary/aromatic N) is 1. The van der Waals surface area contributed by atoms with Gasteiger partial charge in [0.05, 0.1) is 12.6 Å². The summed E-state index contributed by atoms with van der Waals surface area (Å²) in [6, 6.07) is 12.4. The minimum Gasteiger partial charge on any atom is -0.489 e. The number of halogens is 1. The van der Waals surface area contributed by atoms with Gasteiger partial charge in [0.2, 0.25) is 18.2 Å². The number of likely N-dealkylation sites (N-methyl/N-ethyl adjacent to an activating group) is 2. The second kappa shape index (κ2) is 16.0. The van der Waals surface area contributed by atoms with E-state index in [1.165, 1.54) is 22.6 Å². The Bertz CT molecular complexity index is 1090. The molecular weight excluding hydrogens is 511 g/mol. The zero-order valence-corrected chi connectivity index (χ0v) is 23.9. The van der Waals surface area contributed by atoms with E-state index >= 15 is 0 Å². The monoisotopic (exact) mass is 554 g/mol. The van der Waals surface area contributed by atoms with Gasteiger partial charge >= 0.3 is 0 Å². The van der Waals surface area contributed by atoms with Crippen LogP contribution in [-0.4, -0.2) is 68.5 Å². The first kappa shape index (κ1) is 31.1. The highest BCUT2D eigenvalue weighted by Crippen LogP contribution is 2.34. The van der Waals surface area contributed by atoms with E-state index in [0.29, 0.717) is 25.6 Å². The molecule has 1 fully saturated rings. The van der Waals surface area contributed by atoms with Crippen LogP contribution in [0.3, 0.4) is 0 Å². The van der Waals surface area contributed by atoms with Gasteiger partial charge in [0.1, 0.15) is 17.7 Å². The number of carbonyl (C=O) groups excluding carboxylic acids is 3. The Morgan fingerprint density at radius 1 is 1.15 bits per heavy atom. The van der Waals surface area contributed by atoms with Crippen LogP contribution in [0, 0.1) is 18.7 Å². The third-order valence-corrected chi connectivity index (χ3v) is 7.12. The predicted molar refractivity (Wildman–Crippen MR) is 154 cm³/mol. The molecule has 0 saturated heterocycles. The highest BCUT2D eigenvalue weighted by atomic mass is 19.1. The number of ether oxygens (including phenoxy) is 1. The second-order valence-electron chi connectivity index (χ2n) is 10.5. The number of fused-ring (bicyclic) bond motifs is 1. The third kappa shape index (κ3) is 9.93. The van der Waals surface area contributed by atoms with Crippen LogP contribution in [0.4, 0.5) is 4.39 Å². The molecule has 4 rings (SSSR count). The Kier molecular flexibility index (Phi) is 12.4. The molecule has 3 amide bonds. The van der Waals surface area contributed by atoms with E-state index in [0.717, 1.165) is 61.8 Å². The molecule has 1 heterocycles. The van der Waals surface area contributed by atoms with E-state index in [1.807, 2.05) is 13.8 Å². The lowest BCUT2D eigenvalue weighted by Crippen LogP contribution is -2.51. The minimum absolute atomic E-state index is 0.000466. The Labute approximate surface area is 237 Å². The first-order valence-corrected chi connectivity index (χ1v) is 14.2. The molecule has 2 aromatic rings. The van der Waals surface area contributed by atoms with Gasteiger partial charge < -0.3 is 25.6 Å². The maximum atomic E-state index is 13.0. The fourth-order valence-electron chi connectivity index (χ4n) is 4.77. The summed E-state index contributed by atoms with van der Waals surface area (Å²) in [5.41, 5.74) is 3.47. The summed E-state index contributed by atoms with van der Waals surface area (Å²) in [6.07, 6.45) is 6.34. The van der Waals surface area contributed by atoms with Crippen molar-refractivity contribution in [2.45, 2.75) is 64.5 Å². The van der Waals surface area contributed by atoms with Gasteiger partial charge in [-0.1, -0.05) is 35.9 Å². The van der Waals surface area contributed by atoms with Crippen molar-refractivity contribution < 1.29 is 23.5 Å². The number of nitrogens with one attached hydrogen (secondary N) is 3. The summed E-state index contributed by atoms with van der Waals surface area (Å²) < 4.78 is 18.5. The van der Waals surface area contributed by atoms with Crippen molar-refractivity contribution in [1.82, 2.24) is 20.9 Å². The number of aryl methyl sites for hydroxylation is 3. The van der Waals surface area contributed by atoms with Gasteiger partial charge in [-0.15, -0.1) is 0 Å². The molecule has 1 aliphatic carbocycles. The highest BCUT2D eigenvalue weighted by Gasteiger charge is 2.38. The van der Waals surface area contributed by atoms with Gasteiger partial charge in [0.15, 0.2) is 0 Å². The Morgan fingerprint density at radius 3 is 2.55 bits per heavy atom. The van der Waals surface area contributed by atoms with Gasteiger partial charge in [-0.2, -0.15) is 0 Å². The SMILES string of the molecule is CCNC(=O)CN(C)C(=O)C(NCC1CCc2cccc(CCCNC=O)c2O1)C1CC1.Cc1ccc(F)cc1. The smallest absolute Gasteiger partial charge is 0.240 e. The maximum Gasteiger partial charge on any atom is 0.240 e. The number of rotatable bonds is 13. The molecule has 2 unspecified atom stereocenters. The largest absolute Gasteiger partial charge is 0.489 e. The van der Waals surface area contributed by atoms with Crippen molar-refractivity contribution in [3.63, 3.8) is 0 Å². The molecule has 1 aliphatic heterocycles. The topological polar surface area (TPSA) is 99.8 Å². The molecule has 3 N–H and O–H groups in total. The first-order valence-electron chi connectivity index (χ1n) is 14.2. The average molecular weight is 555 g/mol. The number of para-hydroxylation sites is 1. The lowest BCUT2D eigenvalue weighted by atomic mass is 9.97. The fourth-order valence-corrected chi connectivity index (χ4v) is 4.77. The standard InChI is InChI=1S/C24H36N4O4.C7H7F/c1-3-26-21(30)15-28(2)24(31)22(17-9-10-17)27-14-20-12-11-19-7-4-6-18(23(19)32-20)8-5-13-25-16-29;1-6-2-4-7(8)5-3-6/h4,6-7,16-17,20,22,27H,3,5,8-15H2,1-2H3,(H,25,29)(H,26,30);2-5H,1H3. The molecule has 0 radical (unpaired) electrons. The average Bonchev–Trinajstić information content (AvgIpc) is 3.79. The zero-order chi connectivity index (χ0) is 28.9. The molecule has 0 bridgehead atoms. The van der Waals surface area contributed by atoms with Crippen LogP contribution in [-0.2, 0) is 27.2 Å². The van der Waals surface area contributed by atoms with Crippen molar-refractivity contribution in [1.29, 1.82) is 0 Å². The molecule has 2 atom stereocenters. The molecule has 2 aliphatic rings. The van der Waals surface area contributed by atoms with Crippen LogP contribution < -0.4 is 20.7 Å². The number of benzene rings is 2. The van der Waals surface area contributed by atoms with Crippen molar-refractivity contribution in [2.75, 3.05) is 33.2 Å². The molecule has 2 aromatic carbocycles. The molecular formula is C31H43FN4O4. The fraction of sp³-hybridized carbons (Fsp3) is 0.516. The van der Waals surface area contributed by atoms with Crippen molar-refractivity contribution >= 4 is 18.2 Å². The quantitative estimate of drug-likeness (QED) is 0.261. The summed E-state index contributed by atoms with van der Waals surface area (Å²) in [6.45, 7) is 5.67. The van der Waals surface area contributed by atoms with E-state index in [4.69, 9.17) is 4.74 Å². The van der Waals surface area contributed by atoms with Gasteiger partial charge in [-0.05, 0) is 81.5 Å². The zero-order valence-electron chi connectivity index (χ0n) is 23.9. The van der Waals surface area contributed by atoms with Gasteiger partial charge in [0.25, 0.3) is 0 Å². The summed E-state index contributed by atoms with van der Waals surface area (Å²) in [4.78, 5) is 36.8. The first-order chi connectivity index (χ1) is 19.3. The second-order valence-corrected chi connectivity index (χ2v) is 10.5. The van der Waals surface area contributed by atoms with Crippen LogP contribution in [0.2, 0.25) is 0 Å². The highest BCUT2D eigenvalue weighted by molar-refractivity contribution is 5.87. The summed E-state index contributed by atoms with van der Waals surface area (Å²) in [5.74, 6) is 0.949. The van der Waals surface area contributed by atoms with Crippen LogP contribution in [0.15, 0.2) is 42.5 Å².